The number of carbonyl (C=O) groups excluding carboxylic acids is 1. The second-order valence-electron chi connectivity index (χ2n) is 6.39. The quantitative estimate of drug-likeness (QED) is 0.872. The van der Waals surface area contributed by atoms with Crippen molar-refractivity contribution in [2.24, 2.45) is 5.92 Å². The number of allylic oxidation sites excluding steroid dienone is 1. The number of carbonyl (C=O) groups is 1. The van der Waals surface area contributed by atoms with Crippen molar-refractivity contribution in [1.29, 1.82) is 0 Å². The number of amides is 1. The average Bonchev–Trinajstić information content (AvgIpc) is 2.58. The third-order valence-electron chi connectivity index (χ3n) is 4.85. The van der Waals surface area contributed by atoms with Gasteiger partial charge in [0.05, 0.1) is 0 Å². The first-order chi connectivity index (χ1) is 10.7. The zero-order chi connectivity index (χ0) is 15.4. The Hall–Kier alpha value is -1.68. The molecule has 1 unspecified atom stereocenters. The highest BCUT2D eigenvalue weighted by atomic mass is 16.1. The lowest BCUT2D eigenvalue weighted by Gasteiger charge is -2.36. The summed E-state index contributed by atoms with van der Waals surface area (Å²) in [6.45, 7) is 4.02. The van der Waals surface area contributed by atoms with Gasteiger partial charge >= 0.3 is 0 Å². The Morgan fingerprint density at radius 1 is 1.32 bits per heavy atom. The Labute approximate surface area is 132 Å². The molecule has 1 aliphatic carbocycles. The Bertz CT molecular complexity index is 547. The van der Waals surface area contributed by atoms with E-state index in [1.165, 1.54) is 19.3 Å². The topological polar surface area (TPSA) is 45.2 Å². The fraction of sp³-hybridized carbons (Fsp3) is 0.556. The lowest BCUT2D eigenvalue weighted by atomic mass is 9.92. The maximum Gasteiger partial charge on any atom is 0.228 e. The highest BCUT2D eigenvalue weighted by Gasteiger charge is 2.28. The van der Waals surface area contributed by atoms with Crippen LogP contribution in [0.3, 0.4) is 0 Å². The minimum absolute atomic E-state index is 0.116. The molecule has 1 saturated heterocycles. The molecule has 1 aromatic heterocycles. The van der Waals surface area contributed by atoms with Crippen LogP contribution < -0.4 is 5.32 Å². The number of anilines is 1. The Kier molecular flexibility index (Phi) is 4.88. The molecule has 1 atom stereocenters. The van der Waals surface area contributed by atoms with Crippen molar-refractivity contribution >= 4 is 11.7 Å². The van der Waals surface area contributed by atoms with Crippen LogP contribution in [0.1, 0.15) is 37.7 Å². The number of nitrogens with zero attached hydrogens (tertiary/aromatic N) is 2. The molecule has 0 aromatic carbocycles. The van der Waals surface area contributed by atoms with Crippen LogP contribution in [0.15, 0.2) is 30.5 Å². The maximum atomic E-state index is 12.4. The smallest absolute Gasteiger partial charge is 0.228 e. The van der Waals surface area contributed by atoms with Crippen LogP contribution >= 0.6 is 0 Å². The molecule has 3 rings (SSSR count). The average molecular weight is 299 g/mol. The molecular formula is C18H25N3O. The molecule has 0 spiro atoms. The molecule has 1 amide bonds. The lowest BCUT2D eigenvalue weighted by molar-refractivity contribution is -0.121. The van der Waals surface area contributed by atoms with Crippen LogP contribution in [-0.4, -0.2) is 34.9 Å². The Morgan fingerprint density at radius 3 is 2.82 bits per heavy atom. The van der Waals surface area contributed by atoms with Crippen LogP contribution in [0, 0.1) is 12.8 Å². The van der Waals surface area contributed by atoms with E-state index in [0.717, 1.165) is 31.5 Å². The van der Waals surface area contributed by atoms with Gasteiger partial charge in [0.25, 0.3) is 0 Å². The van der Waals surface area contributed by atoms with Crippen LogP contribution in [0.25, 0.3) is 0 Å². The third kappa shape index (κ3) is 3.55. The molecule has 0 saturated carbocycles. The number of aromatic nitrogens is 1. The molecule has 22 heavy (non-hydrogen) atoms. The van der Waals surface area contributed by atoms with Gasteiger partial charge in [-0.05, 0) is 63.7 Å². The van der Waals surface area contributed by atoms with E-state index in [1.807, 2.05) is 19.1 Å². The summed E-state index contributed by atoms with van der Waals surface area (Å²) in [4.78, 5) is 19.2. The first-order valence-electron chi connectivity index (χ1n) is 8.37. The molecule has 1 aliphatic heterocycles. The molecule has 1 aromatic rings. The second-order valence-corrected chi connectivity index (χ2v) is 6.39. The number of hydrogen-bond donors (Lipinski definition) is 1. The van der Waals surface area contributed by atoms with E-state index in [9.17, 15) is 4.79 Å². The number of nitrogens with one attached hydrogen (secondary N) is 1. The van der Waals surface area contributed by atoms with Gasteiger partial charge in [-0.15, -0.1) is 0 Å². The number of hydrogen-bond acceptors (Lipinski definition) is 3. The standard InChI is InChI=1S/C18H25N3O/c1-14-6-5-11-19-17(14)20-18(22)15-9-12-21(13-10-15)16-7-3-2-4-8-16/h3,5-7,11,15-16H,2,4,8-10,12-13H2,1H3,(H,19,20,22). The van der Waals surface area contributed by atoms with Gasteiger partial charge in [-0.25, -0.2) is 4.98 Å². The third-order valence-corrected chi connectivity index (χ3v) is 4.85. The summed E-state index contributed by atoms with van der Waals surface area (Å²) in [6, 6.07) is 4.46. The molecule has 4 nitrogen and oxygen atoms in total. The van der Waals surface area contributed by atoms with Gasteiger partial charge < -0.3 is 5.32 Å². The number of aryl methyl sites for hydroxylation is 1. The van der Waals surface area contributed by atoms with E-state index in [2.05, 4.69) is 27.4 Å². The zero-order valence-corrected chi connectivity index (χ0v) is 13.3. The predicted molar refractivity (Wildman–Crippen MR) is 88.7 cm³/mol. The van der Waals surface area contributed by atoms with Crippen molar-refractivity contribution < 1.29 is 4.79 Å². The van der Waals surface area contributed by atoms with Crippen LogP contribution in [0.5, 0.6) is 0 Å². The van der Waals surface area contributed by atoms with Crippen molar-refractivity contribution in [2.45, 2.75) is 45.1 Å². The summed E-state index contributed by atoms with van der Waals surface area (Å²) in [5, 5.41) is 2.99. The summed E-state index contributed by atoms with van der Waals surface area (Å²) in [5.74, 6) is 0.941. The minimum Gasteiger partial charge on any atom is -0.310 e. The van der Waals surface area contributed by atoms with E-state index < -0.39 is 0 Å². The van der Waals surface area contributed by atoms with Gasteiger partial charge in [0, 0.05) is 18.2 Å². The van der Waals surface area contributed by atoms with Gasteiger partial charge in [-0.2, -0.15) is 0 Å². The summed E-state index contributed by atoms with van der Waals surface area (Å²) in [5.41, 5.74) is 1.01. The van der Waals surface area contributed by atoms with E-state index in [0.29, 0.717) is 11.9 Å². The van der Waals surface area contributed by atoms with Crippen LogP contribution in [0.2, 0.25) is 0 Å². The molecular weight excluding hydrogens is 274 g/mol. The minimum atomic E-state index is 0.116. The molecule has 1 fully saturated rings. The highest BCUT2D eigenvalue weighted by molar-refractivity contribution is 5.92. The first-order valence-corrected chi connectivity index (χ1v) is 8.37. The van der Waals surface area contributed by atoms with Gasteiger partial charge in [-0.3, -0.25) is 9.69 Å². The lowest BCUT2D eigenvalue weighted by Crippen LogP contribution is -2.43. The molecule has 2 aliphatic rings. The number of rotatable bonds is 3. The van der Waals surface area contributed by atoms with E-state index in [-0.39, 0.29) is 11.8 Å². The van der Waals surface area contributed by atoms with Gasteiger partial charge in [-0.1, -0.05) is 18.2 Å². The molecule has 0 radical (unpaired) electrons. The van der Waals surface area contributed by atoms with Crippen molar-refractivity contribution in [3.8, 4) is 0 Å². The first kappa shape index (κ1) is 15.2. The van der Waals surface area contributed by atoms with Crippen molar-refractivity contribution in [2.75, 3.05) is 18.4 Å². The van der Waals surface area contributed by atoms with E-state index in [4.69, 9.17) is 0 Å². The second kappa shape index (κ2) is 7.05. The molecule has 1 N–H and O–H groups in total. The summed E-state index contributed by atoms with van der Waals surface area (Å²) in [7, 11) is 0. The van der Waals surface area contributed by atoms with Crippen molar-refractivity contribution in [3.05, 3.63) is 36.0 Å². The number of likely N-dealkylation sites (tertiary alicyclic amines) is 1. The highest BCUT2D eigenvalue weighted by Crippen LogP contribution is 2.24. The fourth-order valence-corrected chi connectivity index (χ4v) is 3.43. The zero-order valence-electron chi connectivity index (χ0n) is 13.3. The van der Waals surface area contributed by atoms with Gasteiger partial charge in [0.2, 0.25) is 5.91 Å². The summed E-state index contributed by atoms with van der Waals surface area (Å²) in [6.07, 6.45) is 12.0. The molecule has 2 heterocycles. The summed E-state index contributed by atoms with van der Waals surface area (Å²) >= 11 is 0. The van der Waals surface area contributed by atoms with Crippen molar-refractivity contribution in [1.82, 2.24) is 9.88 Å². The van der Waals surface area contributed by atoms with Crippen LogP contribution in [-0.2, 0) is 4.79 Å². The van der Waals surface area contributed by atoms with E-state index in [1.54, 1.807) is 6.20 Å². The monoisotopic (exact) mass is 299 g/mol. The van der Waals surface area contributed by atoms with E-state index >= 15 is 0 Å². The van der Waals surface area contributed by atoms with Gasteiger partial charge in [0.15, 0.2) is 0 Å². The van der Waals surface area contributed by atoms with Crippen molar-refractivity contribution in [3.63, 3.8) is 0 Å². The Morgan fingerprint density at radius 2 is 2.14 bits per heavy atom. The predicted octanol–water partition coefficient (Wildman–Crippen LogP) is 3.15. The summed E-state index contributed by atoms with van der Waals surface area (Å²) < 4.78 is 0. The normalized spacial score (nSPS) is 23.4. The fourth-order valence-electron chi connectivity index (χ4n) is 3.43. The number of piperidine rings is 1. The van der Waals surface area contributed by atoms with Gasteiger partial charge in [0.1, 0.15) is 5.82 Å². The molecule has 0 bridgehead atoms. The number of pyridine rings is 1. The molecule has 118 valence electrons. The molecule has 4 heteroatoms. The SMILES string of the molecule is Cc1cccnc1NC(=O)C1CCN(C2C=CCCC2)CC1. The Balaban J connectivity index is 1.52. The largest absolute Gasteiger partial charge is 0.310 e. The maximum absolute atomic E-state index is 12.4. The van der Waals surface area contributed by atoms with Crippen LogP contribution in [0.4, 0.5) is 5.82 Å².